The summed E-state index contributed by atoms with van der Waals surface area (Å²) in [6.07, 6.45) is 1.37. The van der Waals surface area contributed by atoms with E-state index < -0.39 is 10.0 Å². The van der Waals surface area contributed by atoms with Crippen LogP contribution in [0.1, 0.15) is 32.6 Å². The van der Waals surface area contributed by atoms with Gasteiger partial charge < -0.3 is 4.90 Å². The van der Waals surface area contributed by atoms with Crippen LogP contribution in [0.25, 0.3) is 0 Å². The maximum Gasteiger partial charge on any atom is 0.258 e. The first-order chi connectivity index (χ1) is 14.9. The van der Waals surface area contributed by atoms with Crippen molar-refractivity contribution in [2.24, 2.45) is 0 Å². The van der Waals surface area contributed by atoms with E-state index in [1.165, 1.54) is 5.56 Å². The minimum atomic E-state index is -3.59. The van der Waals surface area contributed by atoms with Crippen LogP contribution in [0.3, 0.4) is 0 Å². The Hall–Kier alpha value is -2.96. The quantitative estimate of drug-likeness (QED) is 0.630. The van der Waals surface area contributed by atoms with E-state index in [1.54, 1.807) is 27.4 Å². The molecule has 3 aromatic carbocycles. The summed E-state index contributed by atoms with van der Waals surface area (Å²) in [5.41, 5.74) is 5.73. The molecule has 0 aromatic heterocycles. The van der Waals surface area contributed by atoms with E-state index >= 15 is 0 Å². The molecule has 0 bridgehead atoms. The number of carbonyl (C=O) groups is 1. The Bertz CT molecular complexity index is 1270. The van der Waals surface area contributed by atoms with Crippen LogP contribution >= 0.6 is 0 Å². The second-order valence-electron chi connectivity index (χ2n) is 8.22. The third-order valence-electron chi connectivity index (χ3n) is 6.22. The van der Waals surface area contributed by atoms with Gasteiger partial charge in [0.05, 0.1) is 4.90 Å². The van der Waals surface area contributed by atoms with Crippen molar-refractivity contribution in [2.75, 3.05) is 18.0 Å². The van der Waals surface area contributed by atoms with Gasteiger partial charge in [-0.1, -0.05) is 42.0 Å². The predicted octanol–water partition coefficient (Wildman–Crippen LogP) is 3.94. The molecule has 0 aliphatic carbocycles. The lowest BCUT2D eigenvalue weighted by molar-refractivity contribution is 0.0989. The van der Waals surface area contributed by atoms with E-state index in [2.05, 4.69) is 6.07 Å². The Kier molecular flexibility index (Phi) is 4.91. The van der Waals surface area contributed by atoms with Crippen LogP contribution in [0, 0.1) is 6.92 Å². The standard InChI is InChI=1S/C25H24N2O3S/c1-18-6-8-20(9-7-18)25(28)27-15-13-21-16-23(10-11-24(21)27)31(29,30)26-14-12-19-4-2-3-5-22(19)17-26/h2-11,16H,12-15,17H2,1H3. The Labute approximate surface area is 183 Å². The third-order valence-corrected chi connectivity index (χ3v) is 8.06. The number of hydrogen-bond donors (Lipinski definition) is 0. The lowest BCUT2D eigenvalue weighted by Crippen LogP contribution is -2.36. The van der Waals surface area contributed by atoms with Crippen molar-refractivity contribution in [3.63, 3.8) is 0 Å². The number of rotatable bonds is 3. The highest BCUT2D eigenvalue weighted by molar-refractivity contribution is 7.89. The molecule has 0 spiro atoms. The Morgan fingerprint density at radius 3 is 2.32 bits per heavy atom. The third kappa shape index (κ3) is 3.56. The summed E-state index contributed by atoms with van der Waals surface area (Å²) >= 11 is 0. The summed E-state index contributed by atoms with van der Waals surface area (Å²) in [5, 5.41) is 0. The van der Waals surface area contributed by atoms with Gasteiger partial charge in [-0.2, -0.15) is 4.31 Å². The molecule has 2 aliphatic rings. The normalized spacial score (nSPS) is 16.1. The molecule has 5 rings (SSSR count). The minimum absolute atomic E-state index is 0.0537. The molecule has 31 heavy (non-hydrogen) atoms. The van der Waals surface area contributed by atoms with Crippen LogP contribution in [0.2, 0.25) is 0 Å². The van der Waals surface area contributed by atoms with Crippen molar-refractivity contribution in [1.82, 2.24) is 4.31 Å². The largest absolute Gasteiger partial charge is 0.308 e. The fraction of sp³-hybridized carbons (Fsp3) is 0.240. The monoisotopic (exact) mass is 432 g/mol. The van der Waals surface area contributed by atoms with E-state index in [-0.39, 0.29) is 5.91 Å². The van der Waals surface area contributed by atoms with Crippen molar-refractivity contribution in [1.29, 1.82) is 0 Å². The molecule has 2 heterocycles. The van der Waals surface area contributed by atoms with Gasteiger partial charge in [-0.25, -0.2) is 8.42 Å². The number of hydrogen-bond acceptors (Lipinski definition) is 3. The highest BCUT2D eigenvalue weighted by Gasteiger charge is 2.31. The average molecular weight is 433 g/mol. The average Bonchev–Trinajstić information content (AvgIpc) is 3.22. The maximum absolute atomic E-state index is 13.3. The van der Waals surface area contributed by atoms with Gasteiger partial charge in [0.2, 0.25) is 10.0 Å². The number of benzene rings is 3. The van der Waals surface area contributed by atoms with Gasteiger partial charge in [0.15, 0.2) is 0 Å². The number of amides is 1. The van der Waals surface area contributed by atoms with Gasteiger partial charge in [-0.15, -0.1) is 0 Å². The lowest BCUT2D eigenvalue weighted by Gasteiger charge is -2.28. The van der Waals surface area contributed by atoms with Crippen LogP contribution < -0.4 is 4.90 Å². The fourth-order valence-corrected chi connectivity index (χ4v) is 5.90. The smallest absolute Gasteiger partial charge is 0.258 e. The summed E-state index contributed by atoms with van der Waals surface area (Å²) in [7, 11) is -3.59. The molecular weight excluding hydrogens is 408 g/mol. The van der Waals surface area contributed by atoms with Crippen LogP contribution in [-0.4, -0.2) is 31.7 Å². The van der Waals surface area contributed by atoms with Crippen LogP contribution in [0.15, 0.2) is 71.6 Å². The van der Waals surface area contributed by atoms with Gasteiger partial charge >= 0.3 is 0 Å². The highest BCUT2D eigenvalue weighted by Crippen LogP contribution is 2.33. The molecule has 0 atom stereocenters. The SMILES string of the molecule is Cc1ccc(C(=O)N2CCc3cc(S(=O)(=O)N4CCc5ccccc5C4)ccc32)cc1. The van der Waals surface area contributed by atoms with E-state index in [0.29, 0.717) is 36.5 Å². The zero-order valence-corrected chi connectivity index (χ0v) is 18.2. The zero-order chi connectivity index (χ0) is 21.6. The molecule has 6 heteroatoms. The summed E-state index contributed by atoms with van der Waals surface area (Å²) in [5.74, 6) is -0.0537. The van der Waals surface area contributed by atoms with Gasteiger partial charge in [-0.3, -0.25) is 4.79 Å². The van der Waals surface area contributed by atoms with Gasteiger partial charge in [0, 0.05) is 30.9 Å². The maximum atomic E-state index is 13.3. The molecule has 158 valence electrons. The molecule has 0 saturated heterocycles. The number of sulfonamides is 1. The number of nitrogens with zero attached hydrogens (tertiary/aromatic N) is 2. The van der Waals surface area contributed by atoms with Crippen molar-refractivity contribution in [3.05, 3.63) is 94.5 Å². The van der Waals surface area contributed by atoms with Crippen molar-refractivity contribution >= 4 is 21.6 Å². The molecule has 0 radical (unpaired) electrons. The van der Waals surface area contributed by atoms with E-state index in [9.17, 15) is 13.2 Å². The van der Waals surface area contributed by atoms with E-state index in [0.717, 1.165) is 28.8 Å². The first-order valence-electron chi connectivity index (χ1n) is 10.5. The second kappa shape index (κ2) is 7.62. The van der Waals surface area contributed by atoms with Crippen molar-refractivity contribution in [3.8, 4) is 0 Å². The predicted molar refractivity (Wildman–Crippen MR) is 121 cm³/mol. The number of anilines is 1. The Morgan fingerprint density at radius 1 is 0.839 bits per heavy atom. The van der Waals surface area contributed by atoms with Crippen LogP contribution in [0.5, 0.6) is 0 Å². The summed E-state index contributed by atoms with van der Waals surface area (Å²) in [6.45, 7) is 3.42. The second-order valence-corrected chi connectivity index (χ2v) is 10.2. The Balaban J connectivity index is 1.41. The van der Waals surface area contributed by atoms with Gasteiger partial charge in [0.25, 0.3) is 5.91 Å². The highest BCUT2D eigenvalue weighted by atomic mass is 32.2. The first kappa shape index (κ1) is 20.0. The molecule has 0 unspecified atom stereocenters. The van der Waals surface area contributed by atoms with Crippen LogP contribution in [0.4, 0.5) is 5.69 Å². The summed E-state index contributed by atoms with van der Waals surface area (Å²) in [4.78, 5) is 15.0. The minimum Gasteiger partial charge on any atom is -0.308 e. The summed E-state index contributed by atoms with van der Waals surface area (Å²) in [6, 6.07) is 20.7. The fourth-order valence-electron chi connectivity index (χ4n) is 4.43. The first-order valence-corrected chi connectivity index (χ1v) is 12.0. The molecule has 2 aliphatic heterocycles. The number of fused-ring (bicyclic) bond motifs is 2. The topological polar surface area (TPSA) is 57.7 Å². The molecule has 0 fully saturated rings. The lowest BCUT2D eigenvalue weighted by atomic mass is 10.0. The molecule has 3 aromatic rings. The molecule has 1 amide bonds. The summed E-state index contributed by atoms with van der Waals surface area (Å²) < 4.78 is 28.2. The van der Waals surface area contributed by atoms with Gasteiger partial charge in [-0.05, 0) is 66.8 Å². The molecule has 0 N–H and O–H groups in total. The van der Waals surface area contributed by atoms with Gasteiger partial charge in [0.1, 0.15) is 0 Å². The van der Waals surface area contributed by atoms with E-state index in [4.69, 9.17) is 0 Å². The zero-order valence-electron chi connectivity index (χ0n) is 17.4. The number of carbonyl (C=O) groups excluding carboxylic acids is 1. The Morgan fingerprint density at radius 2 is 1.55 bits per heavy atom. The molecule has 5 nitrogen and oxygen atoms in total. The van der Waals surface area contributed by atoms with Crippen molar-refractivity contribution < 1.29 is 13.2 Å². The van der Waals surface area contributed by atoms with E-state index in [1.807, 2.05) is 49.4 Å². The van der Waals surface area contributed by atoms with Crippen molar-refractivity contribution in [2.45, 2.75) is 31.2 Å². The molecular formula is C25H24N2O3S. The van der Waals surface area contributed by atoms with Crippen LogP contribution in [-0.2, 0) is 29.4 Å². The number of aryl methyl sites for hydroxylation is 1. The molecule has 0 saturated carbocycles.